The minimum atomic E-state index is -4.71. The molecule has 154 valence electrons. The number of halogens is 4. The first-order valence-electron chi connectivity index (χ1n) is 8.74. The van der Waals surface area contributed by atoms with Crippen LogP contribution in [-0.2, 0) is 0 Å². The quantitative estimate of drug-likeness (QED) is 0.741. The number of likely N-dealkylation sites (tertiary alicyclic amines) is 1. The third-order valence-electron chi connectivity index (χ3n) is 4.76. The molecule has 1 amide bonds. The summed E-state index contributed by atoms with van der Waals surface area (Å²) < 4.78 is 40.6. The average molecular weight is 435 g/mol. The van der Waals surface area contributed by atoms with Crippen LogP contribution >= 0.6 is 23.7 Å². The number of amides is 1. The molecular weight excluding hydrogens is 413 g/mol. The first kappa shape index (κ1) is 22.5. The predicted octanol–water partition coefficient (Wildman–Crippen LogP) is 4.93. The largest absolute Gasteiger partial charge is 0.573 e. The molecule has 2 N–H and O–H groups in total. The number of nitrogens with two attached hydrogens (primary N) is 1. The van der Waals surface area contributed by atoms with Gasteiger partial charge in [-0.2, -0.15) is 0 Å². The summed E-state index contributed by atoms with van der Waals surface area (Å²) in [6.45, 7) is 3.39. The summed E-state index contributed by atoms with van der Waals surface area (Å²) >= 11 is 1.33. The zero-order valence-electron chi connectivity index (χ0n) is 15.2. The maximum Gasteiger partial charge on any atom is 0.573 e. The van der Waals surface area contributed by atoms with Gasteiger partial charge in [0.2, 0.25) is 0 Å². The molecule has 1 unspecified atom stereocenters. The van der Waals surface area contributed by atoms with Crippen molar-refractivity contribution in [3.05, 3.63) is 41.3 Å². The molecule has 3 rings (SSSR count). The minimum Gasteiger partial charge on any atom is -0.406 e. The Hall–Kier alpha value is -1.77. The summed E-state index contributed by atoms with van der Waals surface area (Å²) in [5.74, 6) is 0.174. The van der Waals surface area contributed by atoms with Crippen molar-refractivity contribution in [3.63, 3.8) is 0 Å². The van der Waals surface area contributed by atoms with Gasteiger partial charge in [0.15, 0.2) is 0 Å². The molecule has 1 saturated heterocycles. The molecule has 4 nitrogen and oxygen atoms in total. The Bertz CT molecular complexity index is 785. The SMILES string of the molecule is CC(N)C1CCN(C(=O)c2ccc(-c3ccc(OC(F)(F)F)cc3)s2)CC1.Cl. The third-order valence-corrected chi connectivity index (χ3v) is 5.88. The molecule has 0 spiro atoms. The first-order chi connectivity index (χ1) is 12.7. The standard InChI is InChI=1S/C19H21F3N2O2S.ClH/c1-12(23)13-8-10-24(11-9-13)18(25)17-7-6-16(27-17)14-2-4-15(5-3-14)26-19(20,21)22;/h2-7,12-13H,8-11,23H2,1H3;1H. The number of rotatable bonds is 4. The van der Waals surface area contributed by atoms with Crippen LogP contribution in [0.1, 0.15) is 29.4 Å². The summed E-state index contributed by atoms with van der Waals surface area (Å²) in [6, 6.07) is 9.35. The van der Waals surface area contributed by atoms with E-state index in [2.05, 4.69) is 4.74 Å². The van der Waals surface area contributed by atoms with Crippen molar-refractivity contribution in [3.8, 4) is 16.2 Å². The zero-order chi connectivity index (χ0) is 19.6. The second-order valence-electron chi connectivity index (χ2n) is 6.72. The highest BCUT2D eigenvalue weighted by molar-refractivity contribution is 7.17. The number of hydrogen-bond acceptors (Lipinski definition) is 4. The average Bonchev–Trinajstić information content (AvgIpc) is 3.10. The van der Waals surface area contributed by atoms with E-state index in [1.165, 1.54) is 23.5 Å². The summed E-state index contributed by atoms with van der Waals surface area (Å²) in [6.07, 6.45) is -2.90. The van der Waals surface area contributed by atoms with E-state index in [4.69, 9.17) is 5.73 Å². The van der Waals surface area contributed by atoms with Gasteiger partial charge in [-0.15, -0.1) is 36.9 Å². The van der Waals surface area contributed by atoms with Crippen molar-refractivity contribution < 1.29 is 22.7 Å². The second-order valence-corrected chi connectivity index (χ2v) is 7.81. The number of piperidine rings is 1. The zero-order valence-corrected chi connectivity index (χ0v) is 16.9. The number of ether oxygens (including phenoxy) is 1. The molecular formula is C19H22ClF3N2O2S. The van der Waals surface area contributed by atoms with Gasteiger partial charge in [0.05, 0.1) is 4.88 Å². The molecule has 1 fully saturated rings. The molecule has 1 aromatic heterocycles. The number of carbonyl (C=O) groups excluding carboxylic acids is 1. The lowest BCUT2D eigenvalue weighted by atomic mass is 9.91. The van der Waals surface area contributed by atoms with Crippen molar-refractivity contribution in [2.75, 3.05) is 13.1 Å². The van der Waals surface area contributed by atoms with E-state index in [0.29, 0.717) is 23.9 Å². The van der Waals surface area contributed by atoms with E-state index in [9.17, 15) is 18.0 Å². The molecule has 1 aliphatic heterocycles. The Morgan fingerprint density at radius 3 is 2.32 bits per heavy atom. The predicted molar refractivity (Wildman–Crippen MR) is 106 cm³/mol. The van der Waals surface area contributed by atoms with Crippen molar-refractivity contribution in [2.45, 2.75) is 32.2 Å². The molecule has 0 radical (unpaired) electrons. The fraction of sp³-hybridized carbons (Fsp3) is 0.421. The molecule has 0 aliphatic carbocycles. The maximum atomic E-state index is 12.7. The van der Waals surface area contributed by atoms with Gasteiger partial charge in [-0.1, -0.05) is 0 Å². The Morgan fingerprint density at radius 2 is 1.79 bits per heavy atom. The van der Waals surface area contributed by atoms with Crippen LogP contribution < -0.4 is 10.5 Å². The highest BCUT2D eigenvalue weighted by Crippen LogP contribution is 2.32. The van der Waals surface area contributed by atoms with Crippen molar-refractivity contribution in [1.82, 2.24) is 4.90 Å². The van der Waals surface area contributed by atoms with Gasteiger partial charge in [-0.05, 0) is 67.6 Å². The molecule has 1 aromatic carbocycles. The summed E-state index contributed by atoms with van der Waals surface area (Å²) in [5, 5.41) is 0. The van der Waals surface area contributed by atoms with Crippen LogP contribution in [0.15, 0.2) is 36.4 Å². The number of benzene rings is 1. The first-order valence-corrected chi connectivity index (χ1v) is 9.55. The van der Waals surface area contributed by atoms with Gasteiger partial charge >= 0.3 is 6.36 Å². The van der Waals surface area contributed by atoms with Gasteiger partial charge in [-0.25, -0.2) is 0 Å². The number of alkyl halides is 3. The van der Waals surface area contributed by atoms with E-state index in [1.807, 2.05) is 17.9 Å². The monoisotopic (exact) mass is 434 g/mol. The Balaban J connectivity index is 0.00000280. The van der Waals surface area contributed by atoms with Crippen LogP contribution in [0.2, 0.25) is 0 Å². The topological polar surface area (TPSA) is 55.6 Å². The summed E-state index contributed by atoms with van der Waals surface area (Å²) in [7, 11) is 0. The summed E-state index contributed by atoms with van der Waals surface area (Å²) in [5.41, 5.74) is 6.68. The Morgan fingerprint density at radius 1 is 1.18 bits per heavy atom. The van der Waals surface area contributed by atoms with E-state index in [-0.39, 0.29) is 30.1 Å². The molecule has 1 atom stereocenters. The fourth-order valence-electron chi connectivity index (χ4n) is 3.21. The van der Waals surface area contributed by atoms with Crippen LogP contribution in [0.4, 0.5) is 13.2 Å². The molecule has 0 bridgehead atoms. The minimum absolute atomic E-state index is 0. The molecule has 9 heteroatoms. The molecule has 2 aromatic rings. The molecule has 0 saturated carbocycles. The van der Waals surface area contributed by atoms with Crippen molar-refractivity contribution >= 4 is 29.7 Å². The van der Waals surface area contributed by atoms with E-state index in [0.717, 1.165) is 23.3 Å². The van der Waals surface area contributed by atoms with E-state index in [1.54, 1.807) is 18.2 Å². The molecule has 28 heavy (non-hydrogen) atoms. The Labute approximate surface area is 171 Å². The highest BCUT2D eigenvalue weighted by atomic mass is 35.5. The number of carbonyl (C=O) groups is 1. The Kier molecular flexibility index (Phi) is 7.36. The number of nitrogens with zero attached hydrogens (tertiary/aromatic N) is 1. The van der Waals surface area contributed by atoms with Gasteiger partial charge in [0, 0.05) is 24.0 Å². The smallest absolute Gasteiger partial charge is 0.406 e. The van der Waals surface area contributed by atoms with Gasteiger partial charge in [-0.3, -0.25) is 4.79 Å². The fourth-order valence-corrected chi connectivity index (χ4v) is 4.19. The third kappa shape index (κ3) is 5.62. The lowest BCUT2D eigenvalue weighted by molar-refractivity contribution is -0.274. The number of thiophene rings is 1. The van der Waals surface area contributed by atoms with E-state index >= 15 is 0 Å². The molecule has 1 aliphatic rings. The lowest BCUT2D eigenvalue weighted by Gasteiger charge is -2.33. The van der Waals surface area contributed by atoms with Crippen molar-refractivity contribution in [1.29, 1.82) is 0 Å². The maximum absolute atomic E-state index is 12.7. The van der Waals surface area contributed by atoms with Crippen molar-refractivity contribution in [2.24, 2.45) is 11.7 Å². The molecule has 2 heterocycles. The summed E-state index contributed by atoms with van der Waals surface area (Å²) in [4.78, 5) is 16.0. The normalized spacial score (nSPS) is 16.4. The van der Waals surface area contributed by atoms with E-state index < -0.39 is 6.36 Å². The van der Waals surface area contributed by atoms with Gasteiger partial charge in [0.1, 0.15) is 5.75 Å². The van der Waals surface area contributed by atoms with Crippen LogP contribution in [0, 0.1) is 5.92 Å². The highest BCUT2D eigenvalue weighted by Gasteiger charge is 2.31. The van der Waals surface area contributed by atoms with Crippen LogP contribution in [-0.4, -0.2) is 36.3 Å². The number of hydrogen-bond donors (Lipinski definition) is 1. The van der Waals surface area contributed by atoms with Gasteiger partial charge < -0.3 is 15.4 Å². The lowest BCUT2D eigenvalue weighted by Crippen LogP contribution is -2.42. The van der Waals surface area contributed by atoms with Crippen LogP contribution in [0.5, 0.6) is 5.75 Å². The van der Waals surface area contributed by atoms with Crippen LogP contribution in [0.3, 0.4) is 0 Å². The van der Waals surface area contributed by atoms with Gasteiger partial charge in [0.25, 0.3) is 5.91 Å². The second kappa shape index (κ2) is 9.15. The van der Waals surface area contributed by atoms with Crippen LogP contribution in [0.25, 0.3) is 10.4 Å².